The fourth-order valence-electron chi connectivity index (χ4n) is 2.99. The summed E-state index contributed by atoms with van der Waals surface area (Å²) in [6, 6.07) is 13.5. The molecule has 1 fully saturated rings. The predicted octanol–water partition coefficient (Wildman–Crippen LogP) is 1.97. The lowest BCUT2D eigenvalue weighted by Gasteiger charge is -2.35. The van der Waals surface area contributed by atoms with Crippen molar-refractivity contribution in [3.63, 3.8) is 0 Å². The number of amides is 1. The molecule has 1 aliphatic rings. The molecule has 132 valence electrons. The van der Waals surface area contributed by atoms with Crippen LogP contribution in [-0.4, -0.2) is 48.6 Å². The molecule has 1 amide bonds. The summed E-state index contributed by atoms with van der Waals surface area (Å²) in [6.07, 6.45) is 0. The number of hydrogen-bond acceptors (Lipinski definition) is 4. The summed E-state index contributed by atoms with van der Waals surface area (Å²) >= 11 is 0. The van der Waals surface area contributed by atoms with Gasteiger partial charge in [0.05, 0.1) is 12.2 Å². The lowest BCUT2D eigenvalue weighted by Crippen LogP contribution is -2.49. The minimum Gasteiger partial charge on any atom is -0.506 e. The molecule has 2 N–H and O–H groups in total. The van der Waals surface area contributed by atoms with Gasteiger partial charge >= 0.3 is 0 Å². The first kappa shape index (κ1) is 17.2. The van der Waals surface area contributed by atoms with Crippen LogP contribution >= 0.6 is 0 Å². The third kappa shape index (κ3) is 4.70. The standard InChI is InChI=1S/C19H22FN3O2/c20-16-5-3-4-15(12-16)13-21-19(25)14-22-8-10-23(11-9-22)17-6-1-2-7-18(17)24/h1-7,12,24H,8-11,13-14H2,(H,21,25). The normalized spacial score (nSPS) is 15.2. The zero-order valence-electron chi connectivity index (χ0n) is 14.0. The number of carbonyl (C=O) groups excluding carboxylic acids is 1. The van der Waals surface area contributed by atoms with Crippen LogP contribution in [0.15, 0.2) is 48.5 Å². The van der Waals surface area contributed by atoms with Crippen molar-refractivity contribution in [3.05, 3.63) is 59.9 Å². The Kier molecular flexibility index (Phi) is 5.50. The van der Waals surface area contributed by atoms with E-state index in [4.69, 9.17) is 0 Å². The molecule has 0 atom stereocenters. The fourth-order valence-corrected chi connectivity index (χ4v) is 2.99. The Morgan fingerprint density at radius 3 is 2.56 bits per heavy atom. The number of phenols is 1. The number of nitrogens with one attached hydrogen (secondary N) is 1. The van der Waals surface area contributed by atoms with E-state index in [-0.39, 0.29) is 17.5 Å². The number of aromatic hydroxyl groups is 1. The maximum Gasteiger partial charge on any atom is 0.234 e. The average Bonchev–Trinajstić information content (AvgIpc) is 2.61. The van der Waals surface area contributed by atoms with Gasteiger partial charge in [0.2, 0.25) is 5.91 Å². The molecule has 0 aromatic heterocycles. The Morgan fingerprint density at radius 2 is 1.84 bits per heavy atom. The molecule has 2 aromatic rings. The second-order valence-electron chi connectivity index (χ2n) is 6.16. The van der Waals surface area contributed by atoms with Gasteiger partial charge in [-0.2, -0.15) is 0 Å². The summed E-state index contributed by atoms with van der Waals surface area (Å²) < 4.78 is 13.1. The van der Waals surface area contributed by atoms with Crippen LogP contribution in [0.1, 0.15) is 5.56 Å². The van der Waals surface area contributed by atoms with E-state index < -0.39 is 0 Å². The highest BCUT2D eigenvalue weighted by atomic mass is 19.1. The Labute approximate surface area is 146 Å². The van der Waals surface area contributed by atoms with Gasteiger partial charge in [-0.1, -0.05) is 24.3 Å². The maximum absolute atomic E-state index is 13.1. The van der Waals surface area contributed by atoms with Crippen LogP contribution in [-0.2, 0) is 11.3 Å². The van der Waals surface area contributed by atoms with E-state index in [0.29, 0.717) is 13.1 Å². The number of hydrogen-bond donors (Lipinski definition) is 2. The average molecular weight is 343 g/mol. The van der Waals surface area contributed by atoms with Crippen molar-refractivity contribution in [1.29, 1.82) is 0 Å². The van der Waals surface area contributed by atoms with E-state index in [9.17, 15) is 14.3 Å². The van der Waals surface area contributed by atoms with Gasteiger partial charge in [-0.3, -0.25) is 9.69 Å². The highest BCUT2D eigenvalue weighted by Crippen LogP contribution is 2.27. The van der Waals surface area contributed by atoms with E-state index in [2.05, 4.69) is 15.1 Å². The number of phenolic OH excluding ortho intramolecular Hbond substituents is 1. The Morgan fingerprint density at radius 1 is 1.08 bits per heavy atom. The molecule has 1 saturated heterocycles. The quantitative estimate of drug-likeness (QED) is 0.872. The van der Waals surface area contributed by atoms with Crippen LogP contribution in [0.3, 0.4) is 0 Å². The number of anilines is 1. The first-order valence-corrected chi connectivity index (χ1v) is 8.38. The molecule has 25 heavy (non-hydrogen) atoms. The van der Waals surface area contributed by atoms with Crippen LogP contribution in [0.25, 0.3) is 0 Å². The molecule has 0 radical (unpaired) electrons. The molecule has 1 aliphatic heterocycles. The lowest BCUT2D eigenvalue weighted by atomic mass is 10.2. The highest BCUT2D eigenvalue weighted by Gasteiger charge is 2.20. The first-order chi connectivity index (χ1) is 12.1. The van der Waals surface area contributed by atoms with Crippen molar-refractivity contribution in [3.8, 4) is 5.75 Å². The molecule has 6 heteroatoms. The minimum absolute atomic E-state index is 0.0692. The van der Waals surface area contributed by atoms with Gasteiger partial charge in [-0.05, 0) is 29.8 Å². The van der Waals surface area contributed by atoms with Crippen LogP contribution in [0.4, 0.5) is 10.1 Å². The monoisotopic (exact) mass is 343 g/mol. The molecule has 0 spiro atoms. The third-order valence-electron chi connectivity index (χ3n) is 4.34. The van der Waals surface area contributed by atoms with Crippen molar-refractivity contribution >= 4 is 11.6 Å². The number of benzene rings is 2. The summed E-state index contributed by atoms with van der Waals surface area (Å²) in [5.41, 5.74) is 1.58. The Hall–Kier alpha value is -2.60. The van der Waals surface area contributed by atoms with Gasteiger partial charge in [0, 0.05) is 32.7 Å². The molecule has 3 rings (SSSR count). The van der Waals surface area contributed by atoms with Crippen LogP contribution in [0, 0.1) is 5.82 Å². The predicted molar refractivity (Wildman–Crippen MR) is 95.0 cm³/mol. The van der Waals surface area contributed by atoms with Crippen molar-refractivity contribution in [2.24, 2.45) is 0 Å². The van der Waals surface area contributed by atoms with Gasteiger partial charge in [-0.25, -0.2) is 4.39 Å². The van der Waals surface area contributed by atoms with Crippen LogP contribution in [0.5, 0.6) is 5.75 Å². The van der Waals surface area contributed by atoms with E-state index in [1.807, 2.05) is 12.1 Å². The molecule has 5 nitrogen and oxygen atoms in total. The van der Waals surface area contributed by atoms with Crippen molar-refractivity contribution in [2.75, 3.05) is 37.6 Å². The minimum atomic E-state index is -0.299. The smallest absolute Gasteiger partial charge is 0.234 e. The summed E-state index contributed by atoms with van der Waals surface area (Å²) in [4.78, 5) is 16.3. The van der Waals surface area contributed by atoms with E-state index in [1.54, 1.807) is 24.3 Å². The largest absolute Gasteiger partial charge is 0.506 e. The summed E-state index contributed by atoms with van der Waals surface area (Å²) in [6.45, 7) is 3.67. The van der Waals surface area contributed by atoms with E-state index in [1.165, 1.54) is 12.1 Å². The molecule has 0 saturated carbocycles. The van der Waals surface area contributed by atoms with Crippen LogP contribution < -0.4 is 10.2 Å². The molecular formula is C19H22FN3O2. The number of halogens is 1. The number of nitrogens with zero attached hydrogens (tertiary/aromatic N) is 2. The molecule has 0 unspecified atom stereocenters. The van der Waals surface area contributed by atoms with Gasteiger partial charge in [-0.15, -0.1) is 0 Å². The second-order valence-corrected chi connectivity index (χ2v) is 6.16. The van der Waals surface area contributed by atoms with Crippen molar-refractivity contribution in [2.45, 2.75) is 6.54 Å². The zero-order chi connectivity index (χ0) is 17.6. The topological polar surface area (TPSA) is 55.8 Å². The molecule has 0 aliphatic carbocycles. The maximum atomic E-state index is 13.1. The van der Waals surface area contributed by atoms with E-state index in [0.717, 1.165) is 37.4 Å². The summed E-state index contributed by atoms with van der Waals surface area (Å²) in [5.74, 6) is -0.0870. The number of piperazine rings is 1. The Balaban J connectivity index is 1.44. The van der Waals surface area contributed by atoms with Crippen molar-refractivity contribution < 1.29 is 14.3 Å². The van der Waals surface area contributed by atoms with Crippen molar-refractivity contribution in [1.82, 2.24) is 10.2 Å². The molecular weight excluding hydrogens is 321 g/mol. The van der Waals surface area contributed by atoms with Gasteiger partial charge < -0.3 is 15.3 Å². The molecule has 1 heterocycles. The third-order valence-corrected chi connectivity index (χ3v) is 4.34. The SMILES string of the molecule is O=C(CN1CCN(c2ccccc2O)CC1)NCc1cccc(F)c1. The Bertz CT molecular complexity index is 730. The summed E-state index contributed by atoms with van der Waals surface area (Å²) in [5, 5.41) is 12.8. The van der Waals surface area contributed by atoms with Crippen LogP contribution in [0.2, 0.25) is 0 Å². The van der Waals surface area contributed by atoms with Gasteiger partial charge in [0.25, 0.3) is 0 Å². The number of rotatable bonds is 5. The fraction of sp³-hybridized carbons (Fsp3) is 0.316. The molecule has 2 aromatic carbocycles. The van der Waals surface area contributed by atoms with E-state index >= 15 is 0 Å². The molecule has 0 bridgehead atoms. The highest BCUT2D eigenvalue weighted by molar-refractivity contribution is 5.78. The lowest BCUT2D eigenvalue weighted by molar-refractivity contribution is -0.122. The number of para-hydroxylation sites is 2. The summed E-state index contributed by atoms with van der Waals surface area (Å²) in [7, 11) is 0. The zero-order valence-corrected chi connectivity index (χ0v) is 14.0. The second kappa shape index (κ2) is 7.98. The van der Waals surface area contributed by atoms with Gasteiger partial charge in [0.1, 0.15) is 11.6 Å². The van der Waals surface area contributed by atoms with Gasteiger partial charge in [0.15, 0.2) is 0 Å². The number of carbonyl (C=O) groups is 1. The first-order valence-electron chi connectivity index (χ1n) is 8.38.